The van der Waals surface area contributed by atoms with Crippen molar-refractivity contribution in [2.75, 3.05) is 0 Å². The van der Waals surface area contributed by atoms with Gasteiger partial charge in [-0.15, -0.1) is 10.2 Å². The van der Waals surface area contributed by atoms with E-state index in [1.807, 2.05) is 25.4 Å². The molecular weight excluding hydrogens is 384 g/mol. The van der Waals surface area contributed by atoms with Crippen LogP contribution in [0.15, 0.2) is 36.7 Å². The summed E-state index contributed by atoms with van der Waals surface area (Å²) >= 11 is 0. The van der Waals surface area contributed by atoms with E-state index in [1.54, 1.807) is 0 Å². The minimum absolute atomic E-state index is 0.354. The maximum absolute atomic E-state index is 4.54. The lowest BCUT2D eigenvalue weighted by molar-refractivity contribution is 0.781. The van der Waals surface area contributed by atoms with Crippen LogP contribution in [0.25, 0.3) is 22.1 Å². The summed E-state index contributed by atoms with van der Waals surface area (Å²) in [7, 11) is 0. The largest absolute Gasteiger partial charge is 0.253 e. The highest BCUT2D eigenvalue weighted by Crippen LogP contribution is 2.20. The minimum atomic E-state index is 0.354. The Morgan fingerprint density at radius 1 is 0.645 bits per heavy atom. The summed E-state index contributed by atoms with van der Waals surface area (Å²) in [6.45, 7) is 14.9. The van der Waals surface area contributed by atoms with Crippen molar-refractivity contribution in [3.63, 3.8) is 0 Å². The van der Waals surface area contributed by atoms with Gasteiger partial charge < -0.3 is 0 Å². The Morgan fingerprint density at radius 3 is 1.97 bits per heavy atom. The fraction of sp³-hybridized carbons (Fsp3) is 0.440. The molecule has 0 unspecified atom stereocenters. The molecule has 3 heterocycles. The summed E-state index contributed by atoms with van der Waals surface area (Å²) < 4.78 is 0. The summed E-state index contributed by atoms with van der Waals surface area (Å²) in [5.74, 6) is 3.05. The number of hydrogen-bond donors (Lipinski definition) is 0. The number of benzene rings is 1. The van der Waals surface area contributed by atoms with E-state index in [2.05, 4.69) is 89.9 Å². The molecule has 6 heteroatoms. The predicted octanol–water partition coefficient (Wildman–Crippen LogP) is 5.98. The van der Waals surface area contributed by atoms with Gasteiger partial charge in [0.05, 0.1) is 17.2 Å². The number of hydrogen-bond acceptors (Lipinski definition) is 6. The molecule has 3 aromatic heterocycles. The Kier molecular flexibility index (Phi) is 7.21. The topological polar surface area (TPSA) is 77.3 Å². The summed E-state index contributed by atoms with van der Waals surface area (Å²) in [4.78, 5) is 17.7. The first-order chi connectivity index (χ1) is 14.8. The van der Waals surface area contributed by atoms with Gasteiger partial charge in [0.15, 0.2) is 5.82 Å². The number of nitrogens with zero attached hydrogens (tertiary/aromatic N) is 6. The SMILES string of the molecule is CC(C)c1cnc2cnc(C(C)C)nc2c1.CCc1nnc2ccc(C(C)C)cc2n1. The zero-order valence-electron chi connectivity index (χ0n) is 19.6. The molecule has 1 aromatic carbocycles. The van der Waals surface area contributed by atoms with Crippen molar-refractivity contribution in [1.29, 1.82) is 0 Å². The van der Waals surface area contributed by atoms with Crippen LogP contribution in [0.5, 0.6) is 0 Å². The standard InChI is InChI=1S/C13H17N3.C12H15N3/c1-8(2)10-5-11-12(14-6-10)7-15-13(16-11)9(3)4;1-4-12-13-11-7-9(8(2)3)5-6-10(11)14-15-12/h5-9H,1-4H3;5-8H,4H2,1-3H3. The van der Waals surface area contributed by atoms with Gasteiger partial charge in [0.1, 0.15) is 16.9 Å². The quantitative estimate of drug-likeness (QED) is 0.407. The second kappa shape index (κ2) is 9.86. The van der Waals surface area contributed by atoms with Crippen molar-refractivity contribution in [2.45, 2.75) is 72.6 Å². The molecule has 0 aliphatic carbocycles. The van der Waals surface area contributed by atoms with E-state index in [4.69, 9.17) is 0 Å². The Hall–Kier alpha value is -3.02. The minimum Gasteiger partial charge on any atom is -0.253 e. The average Bonchev–Trinajstić information content (AvgIpc) is 2.77. The molecule has 0 aliphatic heterocycles. The zero-order valence-corrected chi connectivity index (χ0v) is 19.6. The van der Waals surface area contributed by atoms with Crippen LogP contribution in [0.4, 0.5) is 0 Å². The van der Waals surface area contributed by atoms with E-state index in [9.17, 15) is 0 Å². The Balaban J connectivity index is 0.000000176. The lowest BCUT2D eigenvalue weighted by Gasteiger charge is -2.07. The molecule has 0 bridgehead atoms. The van der Waals surface area contributed by atoms with Crippen LogP contribution < -0.4 is 0 Å². The summed E-state index contributed by atoms with van der Waals surface area (Å²) in [5.41, 5.74) is 6.16. The van der Waals surface area contributed by atoms with Gasteiger partial charge >= 0.3 is 0 Å². The zero-order chi connectivity index (χ0) is 22.5. The summed E-state index contributed by atoms with van der Waals surface area (Å²) in [5, 5.41) is 8.18. The molecule has 0 radical (unpaired) electrons. The Bertz CT molecular complexity index is 1120. The molecule has 0 saturated heterocycles. The van der Waals surface area contributed by atoms with Crippen molar-refractivity contribution in [1.82, 2.24) is 30.1 Å². The smallest absolute Gasteiger partial charge is 0.151 e. The molecule has 0 fully saturated rings. The molecule has 0 N–H and O–H groups in total. The highest BCUT2D eigenvalue weighted by molar-refractivity contribution is 5.74. The van der Waals surface area contributed by atoms with Crippen molar-refractivity contribution in [3.05, 3.63) is 59.4 Å². The van der Waals surface area contributed by atoms with Crippen LogP contribution in [0.1, 0.15) is 89.0 Å². The van der Waals surface area contributed by atoms with Crippen molar-refractivity contribution in [2.24, 2.45) is 0 Å². The molecule has 0 aliphatic rings. The first-order valence-electron chi connectivity index (χ1n) is 11.0. The molecule has 0 atom stereocenters. The van der Waals surface area contributed by atoms with E-state index >= 15 is 0 Å². The first kappa shape index (κ1) is 22.7. The first-order valence-corrected chi connectivity index (χ1v) is 11.0. The molecule has 162 valence electrons. The van der Waals surface area contributed by atoms with Gasteiger partial charge in [-0.25, -0.2) is 15.0 Å². The molecule has 4 rings (SSSR count). The fourth-order valence-corrected chi connectivity index (χ4v) is 3.04. The summed E-state index contributed by atoms with van der Waals surface area (Å²) in [6, 6.07) is 8.30. The third-order valence-corrected chi connectivity index (χ3v) is 5.16. The lowest BCUT2D eigenvalue weighted by atomic mass is 10.0. The maximum atomic E-state index is 4.54. The van der Waals surface area contributed by atoms with Crippen LogP contribution in [0, 0.1) is 0 Å². The van der Waals surface area contributed by atoms with Crippen LogP contribution in [0.3, 0.4) is 0 Å². The molecular formula is C25H32N6. The van der Waals surface area contributed by atoms with Gasteiger partial charge in [0, 0.05) is 18.5 Å². The lowest BCUT2D eigenvalue weighted by Crippen LogP contribution is -1.99. The van der Waals surface area contributed by atoms with Crippen molar-refractivity contribution >= 4 is 22.1 Å². The van der Waals surface area contributed by atoms with Crippen LogP contribution in [-0.2, 0) is 6.42 Å². The molecule has 31 heavy (non-hydrogen) atoms. The number of rotatable bonds is 4. The molecule has 6 nitrogen and oxygen atoms in total. The van der Waals surface area contributed by atoms with E-state index in [0.717, 1.165) is 40.1 Å². The third-order valence-electron chi connectivity index (χ3n) is 5.16. The number of aromatic nitrogens is 6. The van der Waals surface area contributed by atoms with Crippen LogP contribution >= 0.6 is 0 Å². The van der Waals surface area contributed by atoms with Crippen LogP contribution in [0.2, 0.25) is 0 Å². The van der Waals surface area contributed by atoms with Gasteiger partial charge in [-0.1, -0.05) is 54.5 Å². The van der Waals surface area contributed by atoms with E-state index < -0.39 is 0 Å². The third kappa shape index (κ3) is 5.57. The molecule has 0 spiro atoms. The van der Waals surface area contributed by atoms with Gasteiger partial charge in [-0.05, 0) is 41.2 Å². The van der Waals surface area contributed by atoms with Crippen molar-refractivity contribution in [3.8, 4) is 0 Å². The fourth-order valence-electron chi connectivity index (χ4n) is 3.04. The highest BCUT2D eigenvalue weighted by atomic mass is 15.1. The number of fused-ring (bicyclic) bond motifs is 2. The Labute approximate surface area is 184 Å². The number of pyridine rings is 1. The second-order valence-corrected chi connectivity index (χ2v) is 8.70. The van der Waals surface area contributed by atoms with Crippen LogP contribution in [-0.4, -0.2) is 30.1 Å². The molecule has 4 aromatic rings. The van der Waals surface area contributed by atoms with Crippen molar-refractivity contribution < 1.29 is 0 Å². The van der Waals surface area contributed by atoms with Gasteiger partial charge in [0.2, 0.25) is 0 Å². The van der Waals surface area contributed by atoms with E-state index in [-0.39, 0.29) is 0 Å². The Morgan fingerprint density at radius 2 is 1.32 bits per heavy atom. The van der Waals surface area contributed by atoms with Gasteiger partial charge in [0.25, 0.3) is 0 Å². The second-order valence-electron chi connectivity index (χ2n) is 8.70. The molecule has 0 amide bonds. The maximum Gasteiger partial charge on any atom is 0.151 e. The monoisotopic (exact) mass is 416 g/mol. The highest BCUT2D eigenvalue weighted by Gasteiger charge is 2.07. The van der Waals surface area contributed by atoms with Gasteiger partial charge in [-0.3, -0.25) is 4.98 Å². The predicted molar refractivity (Wildman–Crippen MR) is 126 cm³/mol. The van der Waals surface area contributed by atoms with Gasteiger partial charge in [-0.2, -0.15) is 0 Å². The normalized spacial score (nSPS) is 11.4. The average molecular weight is 417 g/mol. The number of aryl methyl sites for hydroxylation is 1. The molecule has 0 saturated carbocycles. The van der Waals surface area contributed by atoms with E-state index in [0.29, 0.717) is 17.8 Å². The summed E-state index contributed by atoms with van der Waals surface area (Å²) in [6.07, 6.45) is 4.54. The van der Waals surface area contributed by atoms with E-state index in [1.165, 1.54) is 11.1 Å².